The zero-order chi connectivity index (χ0) is 16.4. The van der Waals surface area contributed by atoms with Gasteiger partial charge in [0, 0.05) is 22.5 Å². The van der Waals surface area contributed by atoms with Gasteiger partial charge in [-0.2, -0.15) is 0 Å². The van der Waals surface area contributed by atoms with Crippen LogP contribution in [0.3, 0.4) is 0 Å². The van der Waals surface area contributed by atoms with Crippen LogP contribution in [0.4, 0.5) is 17.1 Å². The van der Waals surface area contributed by atoms with E-state index in [4.69, 9.17) is 5.41 Å². The highest BCUT2D eigenvalue weighted by molar-refractivity contribution is 6.24. The van der Waals surface area contributed by atoms with E-state index in [1.54, 1.807) is 0 Å². The van der Waals surface area contributed by atoms with Gasteiger partial charge in [-0.3, -0.25) is 5.41 Å². The summed E-state index contributed by atoms with van der Waals surface area (Å²) in [5.41, 5.74) is 4.77. The lowest BCUT2D eigenvalue weighted by atomic mass is 10.1. The first-order chi connectivity index (χ1) is 11.8. The van der Waals surface area contributed by atoms with E-state index in [-0.39, 0.29) is 0 Å². The molecule has 24 heavy (non-hydrogen) atoms. The van der Waals surface area contributed by atoms with Crippen molar-refractivity contribution in [2.24, 2.45) is 4.99 Å². The third-order valence-corrected chi connectivity index (χ3v) is 3.87. The number of benzene rings is 3. The van der Waals surface area contributed by atoms with Gasteiger partial charge in [0.2, 0.25) is 0 Å². The molecular weight excluding hydrogens is 296 g/mol. The second-order valence-electron chi connectivity index (χ2n) is 5.54. The largest absolute Gasteiger partial charge is 0.356 e. The second kappa shape index (κ2) is 6.01. The Morgan fingerprint density at radius 1 is 0.708 bits per heavy atom. The van der Waals surface area contributed by atoms with Crippen LogP contribution in [0.1, 0.15) is 11.1 Å². The van der Waals surface area contributed by atoms with Crippen molar-refractivity contribution in [2.75, 3.05) is 5.32 Å². The maximum absolute atomic E-state index is 7.98. The van der Waals surface area contributed by atoms with Crippen molar-refractivity contribution in [2.45, 2.75) is 0 Å². The van der Waals surface area contributed by atoms with Gasteiger partial charge in [-0.15, -0.1) is 0 Å². The number of hydrogen-bond donors (Lipinski definition) is 3. The first-order valence-electron chi connectivity index (χ1n) is 7.76. The Labute approximate surface area is 140 Å². The number of amidine groups is 2. The van der Waals surface area contributed by atoms with Crippen LogP contribution in [0.2, 0.25) is 0 Å². The molecule has 1 aliphatic rings. The summed E-state index contributed by atoms with van der Waals surface area (Å²) in [6.07, 6.45) is 0. The minimum absolute atomic E-state index is 0.395. The van der Waals surface area contributed by atoms with Crippen LogP contribution in [0.5, 0.6) is 0 Å². The van der Waals surface area contributed by atoms with Gasteiger partial charge in [0.1, 0.15) is 11.7 Å². The summed E-state index contributed by atoms with van der Waals surface area (Å²) in [4.78, 5) is 4.63. The zero-order valence-corrected chi connectivity index (χ0v) is 13.0. The fourth-order valence-corrected chi connectivity index (χ4v) is 2.69. The third kappa shape index (κ3) is 2.77. The standard InChI is InChI=1S/C20H16N4/c21-19-17-8-4-5-9-18(17)20(24-19)23-16-12-10-15(11-13-16)22-14-6-2-1-3-7-14/h1-13,22H,(H2,21,23,24). The monoisotopic (exact) mass is 312 g/mol. The molecular formula is C20H16N4. The molecule has 0 atom stereocenters. The van der Waals surface area contributed by atoms with Crippen molar-refractivity contribution in [1.82, 2.24) is 5.32 Å². The van der Waals surface area contributed by atoms with Crippen LogP contribution in [0, 0.1) is 5.41 Å². The highest BCUT2D eigenvalue weighted by atomic mass is 15.1. The van der Waals surface area contributed by atoms with Crippen LogP contribution in [-0.4, -0.2) is 11.7 Å². The average molecular weight is 312 g/mol. The molecule has 1 aliphatic heterocycles. The number of aliphatic imine (C=N–C) groups is 1. The van der Waals surface area contributed by atoms with Crippen molar-refractivity contribution in [1.29, 1.82) is 5.41 Å². The fourth-order valence-electron chi connectivity index (χ4n) is 2.69. The lowest BCUT2D eigenvalue weighted by Gasteiger charge is -2.06. The zero-order valence-electron chi connectivity index (χ0n) is 13.0. The SMILES string of the molecule is N=C1NC(=Nc2ccc(Nc3ccccc3)cc2)c2ccccc21. The van der Waals surface area contributed by atoms with E-state index in [2.05, 4.69) is 15.6 Å². The molecule has 0 aliphatic carbocycles. The Morgan fingerprint density at radius 2 is 1.33 bits per heavy atom. The van der Waals surface area contributed by atoms with Gasteiger partial charge in [-0.05, 0) is 36.4 Å². The molecule has 116 valence electrons. The van der Waals surface area contributed by atoms with Crippen molar-refractivity contribution >= 4 is 28.7 Å². The number of nitrogens with one attached hydrogen (secondary N) is 3. The van der Waals surface area contributed by atoms with Gasteiger partial charge in [0.15, 0.2) is 0 Å². The van der Waals surface area contributed by atoms with Crippen LogP contribution in [0.25, 0.3) is 0 Å². The molecule has 3 aromatic rings. The first-order valence-corrected chi connectivity index (χ1v) is 7.76. The lowest BCUT2D eigenvalue weighted by Crippen LogP contribution is -2.21. The highest BCUT2D eigenvalue weighted by Gasteiger charge is 2.21. The molecule has 4 rings (SSSR count). The number of nitrogens with zero attached hydrogens (tertiary/aromatic N) is 1. The highest BCUT2D eigenvalue weighted by Crippen LogP contribution is 2.23. The summed E-state index contributed by atoms with van der Waals surface area (Å²) in [5, 5.41) is 14.4. The average Bonchev–Trinajstić information content (AvgIpc) is 2.94. The molecule has 3 N–H and O–H groups in total. The number of hydrogen-bond acceptors (Lipinski definition) is 3. The van der Waals surface area contributed by atoms with Gasteiger partial charge in [0.05, 0.1) is 5.69 Å². The van der Waals surface area contributed by atoms with Crippen molar-refractivity contribution in [3.8, 4) is 0 Å². The molecule has 0 fully saturated rings. The maximum Gasteiger partial charge on any atom is 0.140 e. The normalized spacial score (nSPS) is 14.3. The lowest BCUT2D eigenvalue weighted by molar-refractivity contribution is 1.31. The molecule has 0 spiro atoms. The Bertz CT molecular complexity index is 912. The van der Waals surface area contributed by atoms with E-state index in [0.29, 0.717) is 5.84 Å². The fraction of sp³-hybridized carbons (Fsp3) is 0. The summed E-state index contributed by atoms with van der Waals surface area (Å²) < 4.78 is 0. The topological polar surface area (TPSA) is 60.3 Å². The first kappa shape index (κ1) is 14.2. The smallest absolute Gasteiger partial charge is 0.140 e. The Balaban J connectivity index is 1.57. The van der Waals surface area contributed by atoms with E-state index < -0.39 is 0 Å². The summed E-state index contributed by atoms with van der Waals surface area (Å²) in [6.45, 7) is 0. The van der Waals surface area contributed by atoms with Crippen molar-refractivity contribution in [3.05, 3.63) is 90.0 Å². The minimum atomic E-state index is 0.395. The third-order valence-electron chi connectivity index (χ3n) is 3.87. The molecule has 0 amide bonds. The van der Waals surface area contributed by atoms with Crippen molar-refractivity contribution in [3.63, 3.8) is 0 Å². The van der Waals surface area contributed by atoms with E-state index in [9.17, 15) is 0 Å². The summed E-state index contributed by atoms with van der Waals surface area (Å²) >= 11 is 0. The quantitative estimate of drug-likeness (QED) is 0.669. The van der Waals surface area contributed by atoms with Gasteiger partial charge >= 0.3 is 0 Å². The number of fused-ring (bicyclic) bond motifs is 1. The van der Waals surface area contributed by atoms with E-state index in [0.717, 1.165) is 34.0 Å². The molecule has 1 heterocycles. The molecule has 4 heteroatoms. The summed E-state index contributed by atoms with van der Waals surface area (Å²) in [7, 11) is 0. The van der Waals surface area contributed by atoms with E-state index >= 15 is 0 Å². The van der Waals surface area contributed by atoms with Gasteiger partial charge in [-0.25, -0.2) is 4.99 Å². The Morgan fingerprint density at radius 3 is 2.08 bits per heavy atom. The minimum Gasteiger partial charge on any atom is -0.356 e. The number of anilines is 2. The molecule has 3 aromatic carbocycles. The van der Waals surface area contributed by atoms with Crippen LogP contribution < -0.4 is 10.6 Å². The van der Waals surface area contributed by atoms with Crippen LogP contribution in [0.15, 0.2) is 83.9 Å². The molecule has 0 saturated heterocycles. The van der Waals surface area contributed by atoms with Crippen LogP contribution in [-0.2, 0) is 0 Å². The molecule has 0 unspecified atom stereocenters. The Hall–Kier alpha value is -3.40. The maximum atomic E-state index is 7.98. The van der Waals surface area contributed by atoms with E-state index in [1.165, 1.54) is 0 Å². The van der Waals surface area contributed by atoms with Gasteiger partial charge < -0.3 is 10.6 Å². The van der Waals surface area contributed by atoms with E-state index in [1.807, 2.05) is 78.9 Å². The molecule has 0 bridgehead atoms. The summed E-state index contributed by atoms with van der Waals surface area (Å²) in [6, 6.07) is 25.8. The predicted octanol–water partition coefficient (Wildman–Crippen LogP) is 4.44. The van der Waals surface area contributed by atoms with Gasteiger partial charge in [-0.1, -0.05) is 42.5 Å². The number of para-hydroxylation sites is 1. The van der Waals surface area contributed by atoms with Crippen molar-refractivity contribution < 1.29 is 0 Å². The molecule has 0 saturated carbocycles. The molecule has 0 radical (unpaired) electrons. The van der Waals surface area contributed by atoms with Crippen LogP contribution >= 0.6 is 0 Å². The predicted molar refractivity (Wildman–Crippen MR) is 98.8 cm³/mol. The number of rotatable bonds is 3. The summed E-state index contributed by atoms with van der Waals surface area (Å²) in [5.74, 6) is 1.12. The Kier molecular flexibility index (Phi) is 3.56. The molecule has 0 aromatic heterocycles. The molecule has 4 nitrogen and oxygen atoms in total. The van der Waals surface area contributed by atoms with Gasteiger partial charge in [0.25, 0.3) is 0 Å². The second-order valence-corrected chi connectivity index (χ2v) is 5.54.